The SMILES string of the molecule is CCCC.CCCC.S=C(N/N=C/c1ccco1)SCc1ccccc1.S=C(N/N=C\c1ccco1)SCc1ccccc1.[Sn]. The quantitative estimate of drug-likeness (QED) is 0.0713. The molecule has 0 spiro atoms. The van der Waals surface area contributed by atoms with Gasteiger partial charge in [0.15, 0.2) is 8.64 Å². The molecule has 2 N–H and O–H groups in total. The van der Waals surface area contributed by atoms with Crippen molar-refractivity contribution in [2.24, 2.45) is 10.2 Å². The molecule has 2 aromatic carbocycles. The molecule has 240 valence electrons. The van der Waals surface area contributed by atoms with Crippen molar-refractivity contribution in [1.82, 2.24) is 10.9 Å². The molecule has 4 rings (SSSR count). The van der Waals surface area contributed by atoms with Gasteiger partial charge in [-0.15, -0.1) is 0 Å². The van der Waals surface area contributed by atoms with Crippen molar-refractivity contribution in [3.05, 3.63) is 120 Å². The van der Waals surface area contributed by atoms with Crippen molar-refractivity contribution in [1.29, 1.82) is 0 Å². The van der Waals surface area contributed by atoms with E-state index in [-0.39, 0.29) is 23.9 Å². The average molecular weight is 788 g/mol. The summed E-state index contributed by atoms with van der Waals surface area (Å²) in [7, 11) is 0. The average Bonchev–Trinajstić information content (AvgIpc) is 3.79. The molecular formula is C34H44N4O2S4Sn. The van der Waals surface area contributed by atoms with Crippen LogP contribution >= 0.6 is 48.0 Å². The van der Waals surface area contributed by atoms with E-state index in [1.165, 1.54) is 36.8 Å². The summed E-state index contributed by atoms with van der Waals surface area (Å²) in [5.41, 5.74) is 8.07. The summed E-state index contributed by atoms with van der Waals surface area (Å²) in [6.45, 7) is 8.72. The van der Waals surface area contributed by atoms with E-state index in [9.17, 15) is 0 Å². The Kier molecular flexibility index (Phi) is 28.7. The van der Waals surface area contributed by atoms with Crippen molar-refractivity contribution in [3.8, 4) is 0 Å². The smallest absolute Gasteiger partial charge is 0.154 e. The van der Waals surface area contributed by atoms with Gasteiger partial charge >= 0.3 is 0 Å². The van der Waals surface area contributed by atoms with Gasteiger partial charge in [-0.25, -0.2) is 0 Å². The number of hydrogen-bond acceptors (Lipinski definition) is 8. The Morgan fingerprint density at radius 2 is 0.956 bits per heavy atom. The van der Waals surface area contributed by atoms with Gasteiger partial charge < -0.3 is 8.83 Å². The van der Waals surface area contributed by atoms with Crippen molar-refractivity contribution in [2.45, 2.75) is 64.9 Å². The fourth-order valence-electron chi connectivity index (χ4n) is 2.54. The van der Waals surface area contributed by atoms with E-state index >= 15 is 0 Å². The number of unbranched alkanes of at least 4 members (excludes halogenated alkanes) is 2. The van der Waals surface area contributed by atoms with Crippen LogP contribution in [0.1, 0.15) is 76.0 Å². The minimum atomic E-state index is 0. The Balaban J connectivity index is 0.000000684. The Morgan fingerprint density at radius 1 is 0.600 bits per heavy atom. The normalized spacial score (nSPS) is 9.87. The molecule has 0 amide bonds. The summed E-state index contributed by atoms with van der Waals surface area (Å²) in [4.78, 5) is 0. The number of nitrogens with one attached hydrogen (secondary N) is 2. The monoisotopic (exact) mass is 788 g/mol. The molecule has 11 heteroatoms. The maximum atomic E-state index is 5.16. The van der Waals surface area contributed by atoms with Gasteiger partial charge in [0.25, 0.3) is 0 Å². The fraction of sp³-hybridized carbons (Fsp3) is 0.294. The van der Waals surface area contributed by atoms with Crippen molar-refractivity contribution >= 4 is 92.9 Å². The Labute approximate surface area is 305 Å². The Bertz CT molecular complexity index is 1180. The van der Waals surface area contributed by atoms with Gasteiger partial charge in [-0.05, 0) is 35.4 Å². The molecule has 2 heterocycles. The van der Waals surface area contributed by atoms with Crippen LogP contribution in [0.3, 0.4) is 0 Å². The molecule has 45 heavy (non-hydrogen) atoms. The number of benzene rings is 2. The zero-order valence-corrected chi connectivity index (χ0v) is 32.6. The van der Waals surface area contributed by atoms with Gasteiger partial charge in [-0.2, -0.15) is 10.2 Å². The van der Waals surface area contributed by atoms with Crippen molar-refractivity contribution < 1.29 is 8.83 Å². The van der Waals surface area contributed by atoms with Crippen LogP contribution in [0.5, 0.6) is 0 Å². The number of hydrazone groups is 2. The van der Waals surface area contributed by atoms with E-state index in [2.05, 4.69) is 73.0 Å². The van der Waals surface area contributed by atoms with E-state index < -0.39 is 0 Å². The van der Waals surface area contributed by atoms with Crippen molar-refractivity contribution in [2.75, 3.05) is 0 Å². The third-order valence-electron chi connectivity index (χ3n) is 5.21. The predicted molar refractivity (Wildman–Crippen MR) is 206 cm³/mol. The number of thioether (sulfide) groups is 2. The van der Waals surface area contributed by atoms with Crippen LogP contribution in [0.15, 0.2) is 116 Å². The number of nitrogens with zero attached hydrogens (tertiary/aromatic N) is 2. The predicted octanol–water partition coefficient (Wildman–Crippen LogP) is 10.1. The standard InChI is InChI=1S/2C13H12N2OS2.2C4H10.Sn/c2*17-13(15-14-9-12-7-4-8-16-12)18-10-11-5-2-1-3-6-11;2*1-3-4-2;/h2*1-9H,10H2,(H,15,17);2*3-4H2,1-2H3;/b14-9+;14-9-;;;. The molecule has 6 nitrogen and oxygen atoms in total. The minimum absolute atomic E-state index is 0. The summed E-state index contributed by atoms with van der Waals surface area (Å²) in [5.74, 6) is 3.06. The Hall–Kier alpha value is -2.38. The number of furan rings is 2. The van der Waals surface area contributed by atoms with E-state index in [1.54, 1.807) is 48.5 Å². The molecule has 0 saturated heterocycles. The van der Waals surface area contributed by atoms with Crippen molar-refractivity contribution in [3.63, 3.8) is 0 Å². The second-order valence-electron chi connectivity index (χ2n) is 8.89. The molecule has 0 aliphatic carbocycles. The first kappa shape index (κ1) is 42.6. The van der Waals surface area contributed by atoms with Gasteiger partial charge in [0.05, 0.1) is 25.0 Å². The van der Waals surface area contributed by atoms with Crippen LogP contribution in [-0.2, 0) is 11.5 Å². The van der Waals surface area contributed by atoms with Crippen LogP contribution in [0.4, 0.5) is 0 Å². The minimum Gasteiger partial charge on any atom is -0.463 e. The van der Waals surface area contributed by atoms with Gasteiger partial charge in [0, 0.05) is 35.4 Å². The molecule has 0 aliphatic rings. The fourth-order valence-corrected chi connectivity index (χ4v) is 4.21. The van der Waals surface area contributed by atoms with Crippen LogP contribution < -0.4 is 10.9 Å². The summed E-state index contributed by atoms with van der Waals surface area (Å²) in [6, 6.07) is 27.6. The van der Waals surface area contributed by atoms with Crippen LogP contribution in [0.25, 0.3) is 0 Å². The van der Waals surface area contributed by atoms with E-state index in [0.29, 0.717) is 20.2 Å². The molecule has 0 atom stereocenters. The topological polar surface area (TPSA) is 75.1 Å². The summed E-state index contributed by atoms with van der Waals surface area (Å²) in [5, 5.41) is 7.99. The molecule has 0 unspecified atom stereocenters. The third-order valence-corrected chi connectivity index (χ3v) is 7.76. The maximum Gasteiger partial charge on any atom is 0.154 e. The zero-order chi connectivity index (χ0) is 32.1. The molecule has 0 aliphatic heterocycles. The number of thiocarbonyl (C=S) groups is 2. The van der Waals surface area contributed by atoms with Crippen LogP contribution in [-0.4, -0.2) is 45.0 Å². The first-order chi connectivity index (χ1) is 21.5. The molecule has 0 fully saturated rings. The largest absolute Gasteiger partial charge is 0.463 e. The summed E-state index contributed by atoms with van der Waals surface area (Å²) < 4.78 is 11.5. The maximum absolute atomic E-state index is 5.16. The summed E-state index contributed by atoms with van der Waals surface area (Å²) in [6.07, 6.45) is 11.7. The molecular weight excluding hydrogens is 743 g/mol. The molecule has 0 saturated carbocycles. The molecule has 0 bridgehead atoms. The molecule has 2 aromatic heterocycles. The van der Waals surface area contributed by atoms with Gasteiger partial charge in [-0.1, -0.05) is 162 Å². The van der Waals surface area contributed by atoms with Gasteiger partial charge in [0.1, 0.15) is 11.5 Å². The van der Waals surface area contributed by atoms with E-state index in [0.717, 1.165) is 11.5 Å². The summed E-state index contributed by atoms with van der Waals surface area (Å²) >= 11 is 13.4. The first-order valence-corrected chi connectivity index (χ1v) is 17.4. The van der Waals surface area contributed by atoms with Gasteiger partial charge in [0.2, 0.25) is 0 Å². The Morgan fingerprint density at radius 3 is 1.24 bits per heavy atom. The van der Waals surface area contributed by atoms with Crippen LogP contribution in [0.2, 0.25) is 0 Å². The molecule has 4 radical (unpaired) electrons. The second-order valence-corrected chi connectivity index (χ2v) is 12.2. The second kappa shape index (κ2) is 30.3. The molecule has 4 aromatic rings. The van der Waals surface area contributed by atoms with Gasteiger partial charge in [-0.3, -0.25) is 10.9 Å². The van der Waals surface area contributed by atoms with E-state index in [4.69, 9.17) is 33.3 Å². The number of rotatable bonds is 10. The third kappa shape index (κ3) is 24.5. The van der Waals surface area contributed by atoms with Crippen LogP contribution in [0, 0.1) is 0 Å². The zero-order valence-electron chi connectivity index (χ0n) is 26.5. The van der Waals surface area contributed by atoms with E-state index in [1.807, 2.05) is 60.7 Å². The first-order valence-electron chi connectivity index (χ1n) is 14.6. The number of hydrogen-bond donors (Lipinski definition) is 2.